The molecule has 2 amide bonds. The van der Waals surface area contributed by atoms with Crippen LogP contribution in [0.2, 0.25) is 5.02 Å². The van der Waals surface area contributed by atoms with Gasteiger partial charge in [0.25, 0.3) is 0 Å². The van der Waals surface area contributed by atoms with E-state index in [1.54, 1.807) is 25.1 Å². The van der Waals surface area contributed by atoms with Gasteiger partial charge in [0.05, 0.1) is 0 Å². The van der Waals surface area contributed by atoms with E-state index in [0.29, 0.717) is 22.9 Å². The molecule has 0 spiro atoms. The summed E-state index contributed by atoms with van der Waals surface area (Å²) in [6, 6.07) is 3.69. The largest absolute Gasteiger partial charge is 0.480 e. The lowest BCUT2D eigenvalue weighted by Crippen LogP contribution is -2.43. The predicted octanol–water partition coefficient (Wildman–Crippen LogP) is 2.98. The van der Waals surface area contributed by atoms with Crippen molar-refractivity contribution in [2.24, 2.45) is 0 Å². The average Bonchev–Trinajstić information content (AvgIpc) is 2.39. The Morgan fingerprint density at radius 2 is 2.15 bits per heavy atom. The van der Waals surface area contributed by atoms with Crippen molar-refractivity contribution in [2.45, 2.75) is 19.4 Å². The van der Waals surface area contributed by atoms with E-state index in [1.165, 1.54) is 11.8 Å². The third-order valence-electron chi connectivity index (χ3n) is 2.73. The molecule has 0 unspecified atom stereocenters. The molecule has 0 aliphatic heterocycles. The molecule has 0 aromatic heterocycles. The van der Waals surface area contributed by atoms with Crippen LogP contribution in [0.25, 0.3) is 0 Å². The summed E-state index contributed by atoms with van der Waals surface area (Å²) < 4.78 is 0. The van der Waals surface area contributed by atoms with Crippen molar-refractivity contribution in [1.29, 1.82) is 0 Å². The molecule has 1 rings (SSSR count). The fraction of sp³-hybridized carbons (Fsp3) is 0.385. The number of hydrogen-bond donors (Lipinski definition) is 3. The van der Waals surface area contributed by atoms with Crippen molar-refractivity contribution in [2.75, 3.05) is 17.3 Å². The van der Waals surface area contributed by atoms with Gasteiger partial charge in [-0.1, -0.05) is 17.7 Å². The van der Waals surface area contributed by atoms with Crippen molar-refractivity contribution >= 4 is 41.1 Å². The summed E-state index contributed by atoms with van der Waals surface area (Å²) >= 11 is 7.48. The van der Waals surface area contributed by atoms with Crippen LogP contribution in [0.3, 0.4) is 0 Å². The second-order valence-electron chi connectivity index (χ2n) is 4.18. The Bertz CT molecular complexity index is 497. The summed E-state index contributed by atoms with van der Waals surface area (Å²) in [5.74, 6) is -0.384. The lowest BCUT2D eigenvalue weighted by Gasteiger charge is -2.15. The van der Waals surface area contributed by atoms with Crippen molar-refractivity contribution in [3.05, 3.63) is 28.8 Å². The van der Waals surface area contributed by atoms with Crippen LogP contribution in [-0.4, -0.2) is 35.2 Å². The van der Waals surface area contributed by atoms with E-state index in [-0.39, 0.29) is 0 Å². The van der Waals surface area contributed by atoms with Crippen LogP contribution in [0.5, 0.6) is 0 Å². The zero-order chi connectivity index (χ0) is 15.1. The highest BCUT2D eigenvalue weighted by Gasteiger charge is 2.19. The number of hydrogen-bond acceptors (Lipinski definition) is 3. The first kappa shape index (κ1) is 16.7. The second kappa shape index (κ2) is 8.01. The minimum Gasteiger partial charge on any atom is -0.480 e. The van der Waals surface area contributed by atoms with Gasteiger partial charge in [-0.25, -0.2) is 9.59 Å². The van der Waals surface area contributed by atoms with Crippen molar-refractivity contribution in [3.63, 3.8) is 0 Å². The molecular weight excluding hydrogens is 300 g/mol. The number of anilines is 1. The van der Waals surface area contributed by atoms with E-state index in [2.05, 4.69) is 10.6 Å². The lowest BCUT2D eigenvalue weighted by atomic mass is 10.2. The number of carboxylic acid groups (broad SMARTS) is 1. The van der Waals surface area contributed by atoms with E-state index >= 15 is 0 Å². The maximum Gasteiger partial charge on any atom is 0.326 e. The highest BCUT2D eigenvalue weighted by Crippen LogP contribution is 2.22. The van der Waals surface area contributed by atoms with Gasteiger partial charge in [-0.2, -0.15) is 11.8 Å². The van der Waals surface area contributed by atoms with Gasteiger partial charge in [0.15, 0.2) is 0 Å². The van der Waals surface area contributed by atoms with E-state index in [4.69, 9.17) is 16.7 Å². The number of thioether (sulfide) groups is 1. The predicted molar refractivity (Wildman–Crippen MR) is 82.8 cm³/mol. The molecule has 20 heavy (non-hydrogen) atoms. The third kappa shape index (κ3) is 4.94. The SMILES string of the molecule is CSCC[C@@H](NC(=O)Nc1cccc(Cl)c1C)C(=O)O. The zero-order valence-corrected chi connectivity index (χ0v) is 12.8. The van der Waals surface area contributed by atoms with Gasteiger partial charge in [0.2, 0.25) is 0 Å². The van der Waals surface area contributed by atoms with Gasteiger partial charge in [-0.05, 0) is 43.0 Å². The van der Waals surface area contributed by atoms with Crippen LogP contribution < -0.4 is 10.6 Å². The zero-order valence-electron chi connectivity index (χ0n) is 11.3. The number of carbonyl (C=O) groups is 2. The molecule has 0 saturated heterocycles. The minimum absolute atomic E-state index is 0.373. The fourth-order valence-electron chi connectivity index (χ4n) is 1.55. The first-order chi connectivity index (χ1) is 9.45. The molecule has 1 aromatic rings. The number of benzene rings is 1. The number of aliphatic carboxylic acids is 1. The molecular formula is C13H17ClN2O3S. The number of nitrogens with one attached hydrogen (secondary N) is 2. The van der Waals surface area contributed by atoms with Gasteiger partial charge in [0.1, 0.15) is 6.04 Å². The summed E-state index contributed by atoms with van der Waals surface area (Å²) in [5.41, 5.74) is 1.30. The van der Waals surface area contributed by atoms with Crippen LogP contribution in [0.15, 0.2) is 18.2 Å². The smallest absolute Gasteiger partial charge is 0.326 e. The molecule has 0 fully saturated rings. The summed E-state index contributed by atoms with van der Waals surface area (Å²) in [5, 5.41) is 14.6. The molecule has 1 aromatic carbocycles. The first-order valence-corrected chi connectivity index (χ1v) is 7.77. The Morgan fingerprint density at radius 1 is 1.45 bits per heavy atom. The summed E-state index contributed by atoms with van der Waals surface area (Å²) in [4.78, 5) is 22.9. The quantitative estimate of drug-likeness (QED) is 0.754. The molecule has 5 nitrogen and oxygen atoms in total. The van der Waals surface area contributed by atoms with Gasteiger partial charge >= 0.3 is 12.0 Å². The summed E-state index contributed by atoms with van der Waals surface area (Å²) in [6.45, 7) is 1.78. The maximum absolute atomic E-state index is 11.8. The number of halogens is 1. The number of urea groups is 1. The Balaban J connectivity index is 2.66. The Labute approximate surface area is 127 Å². The topological polar surface area (TPSA) is 78.4 Å². The molecule has 0 radical (unpaired) electrons. The highest BCUT2D eigenvalue weighted by molar-refractivity contribution is 7.98. The fourth-order valence-corrected chi connectivity index (χ4v) is 2.20. The normalized spacial score (nSPS) is 11.8. The van der Waals surface area contributed by atoms with E-state index in [9.17, 15) is 9.59 Å². The summed E-state index contributed by atoms with van der Waals surface area (Å²) in [7, 11) is 0. The lowest BCUT2D eigenvalue weighted by molar-refractivity contribution is -0.139. The molecule has 1 atom stereocenters. The minimum atomic E-state index is -1.04. The molecule has 0 heterocycles. The van der Waals surface area contributed by atoms with E-state index < -0.39 is 18.0 Å². The van der Waals surface area contributed by atoms with E-state index in [0.717, 1.165) is 5.56 Å². The highest BCUT2D eigenvalue weighted by atomic mass is 35.5. The molecule has 0 saturated carbocycles. The van der Waals surface area contributed by atoms with Gasteiger partial charge in [-0.15, -0.1) is 0 Å². The van der Waals surface area contributed by atoms with Gasteiger partial charge < -0.3 is 15.7 Å². The van der Waals surface area contributed by atoms with Crippen LogP contribution in [0, 0.1) is 6.92 Å². The van der Waals surface area contributed by atoms with Crippen LogP contribution in [0.4, 0.5) is 10.5 Å². The number of carbonyl (C=O) groups excluding carboxylic acids is 1. The monoisotopic (exact) mass is 316 g/mol. The molecule has 0 aliphatic rings. The standard InChI is InChI=1S/C13H17ClN2O3S/c1-8-9(14)4-3-5-10(8)15-13(19)16-11(12(17)18)6-7-20-2/h3-5,11H,6-7H2,1-2H3,(H,17,18)(H2,15,16,19)/t11-/m1/s1. The van der Waals surface area contributed by atoms with Gasteiger partial charge in [-0.3, -0.25) is 0 Å². The molecule has 110 valence electrons. The second-order valence-corrected chi connectivity index (χ2v) is 5.58. The molecule has 0 aliphatic carbocycles. The Hall–Kier alpha value is -1.40. The molecule has 3 N–H and O–H groups in total. The van der Waals surface area contributed by atoms with Crippen LogP contribution in [-0.2, 0) is 4.79 Å². The molecule has 7 heteroatoms. The van der Waals surface area contributed by atoms with Crippen molar-refractivity contribution in [3.8, 4) is 0 Å². The Kier molecular flexibility index (Phi) is 6.67. The maximum atomic E-state index is 11.8. The van der Waals surface area contributed by atoms with Crippen LogP contribution >= 0.6 is 23.4 Å². The third-order valence-corrected chi connectivity index (χ3v) is 3.78. The molecule has 0 bridgehead atoms. The van der Waals surface area contributed by atoms with E-state index in [1.807, 2.05) is 6.26 Å². The Morgan fingerprint density at radius 3 is 2.75 bits per heavy atom. The van der Waals surface area contributed by atoms with Crippen LogP contribution in [0.1, 0.15) is 12.0 Å². The number of amides is 2. The van der Waals surface area contributed by atoms with Crippen molar-refractivity contribution < 1.29 is 14.7 Å². The summed E-state index contributed by atoms with van der Waals surface area (Å²) in [6.07, 6.45) is 2.26. The number of carboxylic acids is 1. The first-order valence-electron chi connectivity index (χ1n) is 6.00. The van der Waals surface area contributed by atoms with Gasteiger partial charge in [0, 0.05) is 10.7 Å². The average molecular weight is 317 g/mol. The number of rotatable bonds is 6. The van der Waals surface area contributed by atoms with Crippen molar-refractivity contribution in [1.82, 2.24) is 5.32 Å².